The van der Waals surface area contributed by atoms with E-state index in [1.807, 2.05) is 12.1 Å². The molecule has 0 aromatic heterocycles. The maximum Gasteiger partial charge on any atom is 0.115 e. The summed E-state index contributed by atoms with van der Waals surface area (Å²) in [6.45, 7) is 1.63. The first-order valence-corrected chi connectivity index (χ1v) is 5.39. The predicted octanol–water partition coefficient (Wildman–Crippen LogP) is 1.82. The van der Waals surface area contributed by atoms with Gasteiger partial charge in [-0.1, -0.05) is 12.1 Å². The van der Waals surface area contributed by atoms with Gasteiger partial charge in [0.15, 0.2) is 0 Å². The van der Waals surface area contributed by atoms with Gasteiger partial charge in [-0.25, -0.2) is 0 Å². The quantitative estimate of drug-likeness (QED) is 0.777. The smallest absolute Gasteiger partial charge is 0.115 e. The van der Waals surface area contributed by atoms with Crippen LogP contribution in [0.25, 0.3) is 0 Å². The van der Waals surface area contributed by atoms with Gasteiger partial charge in [-0.2, -0.15) is 0 Å². The van der Waals surface area contributed by atoms with E-state index in [1.165, 1.54) is 0 Å². The molecule has 82 valence electrons. The lowest BCUT2D eigenvalue weighted by atomic mass is 9.88. The Balaban J connectivity index is 2.05. The third-order valence-electron chi connectivity index (χ3n) is 3.05. The lowest BCUT2D eigenvalue weighted by Gasteiger charge is -2.27. The van der Waals surface area contributed by atoms with Crippen molar-refractivity contribution in [3.63, 3.8) is 0 Å². The van der Waals surface area contributed by atoms with Gasteiger partial charge in [-0.15, -0.1) is 0 Å². The molecule has 3 nitrogen and oxygen atoms in total. The number of benzene rings is 1. The van der Waals surface area contributed by atoms with Crippen molar-refractivity contribution in [2.75, 3.05) is 13.2 Å². The molecular formula is C12H17NO2. The molecule has 15 heavy (non-hydrogen) atoms. The molecule has 1 fully saturated rings. The highest BCUT2D eigenvalue weighted by Gasteiger charge is 2.21. The molecule has 0 aliphatic carbocycles. The molecule has 3 N–H and O–H groups in total. The van der Waals surface area contributed by atoms with Gasteiger partial charge in [-0.3, -0.25) is 0 Å². The van der Waals surface area contributed by atoms with Gasteiger partial charge in [-0.05, 0) is 36.5 Å². The van der Waals surface area contributed by atoms with Gasteiger partial charge in [0.25, 0.3) is 0 Å². The fourth-order valence-electron chi connectivity index (χ4n) is 2.04. The minimum Gasteiger partial charge on any atom is -0.508 e. The largest absolute Gasteiger partial charge is 0.508 e. The molecule has 0 radical (unpaired) electrons. The highest BCUT2D eigenvalue weighted by Crippen LogP contribution is 2.28. The van der Waals surface area contributed by atoms with Crippen LogP contribution in [0.15, 0.2) is 24.3 Å². The van der Waals surface area contributed by atoms with Gasteiger partial charge < -0.3 is 15.6 Å². The normalized spacial score (nSPS) is 20.1. The summed E-state index contributed by atoms with van der Waals surface area (Å²) in [5.74, 6) is 0.793. The number of nitrogens with two attached hydrogens (primary N) is 1. The van der Waals surface area contributed by atoms with Crippen LogP contribution in [-0.2, 0) is 4.74 Å². The fourth-order valence-corrected chi connectivity index (χ4v) is 2.04. The summed E-state index contributed by atoms with van der Waals surface area (Å²) in [6, 6.07) is 7.24. The van der Waals surface area contributed by atoms with Crippen LogP contribution < -0.4 is 5.73 Å². The van der Waals surface area contributed by atoms with Gasteiger partial charge in [0.05, 0.1) is 0 Å². The number of phenolic OH excluding ortho intramolecular Hbond substituents is 1. The Morgan fingerprint density at radius 2 is 1.80 bits per heavy atom. The average molecular weight is 207 g/mol. The van der Waals surface area contributed by atoms with Crippen LogP contribution in [-0.4, -0.2) is 18.3 Å². The first kappa shape index (κ1) is 10.5. The van der Waals surface area contributed by atoms with Crippen LogP contribution >= 0.6 is 0 Å². The number of hydrogen-bond acceptors (Lipinski definition) is 3. The van der Waals surface area contributed by atoms with Gasteiger partial charge in [0, 0.05) is 19.3 Å². The molecule has 0 unspecified atom stereocenters. The van der Waals surface area contributed by atoms with Crippen LogP contribution in [0.5, 0.6) is 5.75 Å². The monoisotopic (exact) mass is 207 g/mol. The topological polar surface area (TPSA) is 55.5 Å². The Morgan fingerprint density at radius 3 is 2.40 bits per heavy atom. The van der Waals surface area contributed by atoms with Crippen LogP contribution in [0.4, 0.5) is 0 Å². The standard InChI is InChI=1S/C12H17NO2/c13-12(10-5-7-15-8-6-10)9-1-3-11(14)4-2-9/h1-4,10,12,14H,5-8,13H2/t12-/m0/s1. The van der Waals surface area contributed by atoms with Crippen molar-refractivity contribution in [3.05, 3.63) is 29.8 Å². The van der Waals surface area contributed by atoms with E-state index in [9.17, 15) is 5.11 Å². The lowest BCUT2D eigenvalue weighted by Crippen LogP contribution is -2.27. The van der Waals surface area contributed by atoms with E-state index in [2.05, 4.69) is 0 Å². The van der Waals surface area contributed by atoms with Crippen molar-refractivity contribution in [2.45, 2.75) is 18.9 Å². The fraction of sp³-hybridized carbons (Fsp3) is 0.500. The molecule has 0 bridgehead atoms. The number of rotatable bonds is 2. The van der Waals surface area contributed by atoms with Crippen LogP contribution in [0.2, 0.25) is 0 Å². The summed E-state index contributed by atoms with van der Waals surface area (Å²) in [5.41, 5.74) is 7.28. The molecule has 0 amide bonds. The Hall–Kier alpha value is -1.06. The van der Waals surface area contributed by atoms with Crippen molar-refractivity contribution in [3.8, 4) is 5.75 Å². The molecule has 1 aliphatic rings. The van der Waals surface area contributed by atoms with E-state index in [-0.39, 0.29) is 11.8 Å². The Kier molecular flexibility index (Phi) is 3.23. The van der Waals surface area contributed by atoms with E-state index in [1.54, 1.807) is 12.1 Å². The Labute approximate surface area is 89.9 Å². The summed E-state index contributed by atoms with van der Waals surface area (Å²) in [4.78, 5) is 0. The lowest BCUT2D eigenvalue weighted by molar-refractivity contribution is 0.0584. The van der Waals surface area contributed by atoms with Crippen LogP contribution in [0, 0.1) is 5.92 Å². The van der Waals surface area contributed by atoms with Crippen molar-refractivity contribution in [2.24, 2.45) is 11.7 Å². The molecule has 3 heteroatoms. The summed E-state index contributed by atoms with van der Waals surface area (Å²) < 4.78 is 5.31. The average Bonchev–Trinajstić information content (AvgIpc) is 2.30. The Bertz CT molecular complexity index is 304. The summed E-state index contributed by atoms with van der Waals surface area (Å²) in [6.07, 6.45) is 2.06. The minimum atomic E-state index is 0.0644. The molecule has 1 atom stereocenters. The second-order valence-corrected chi connectivity index (χ2v) is 4.07. The highest BCUT2D eigenvalue weighted by molar-refractivity contribution is 5.28. The molecular weight excluding hydrogens is 190 g/mol. The van der Waals surface area contributed by atoms with E-state index < -0.39 is 0 Å². The molecule has 1 saturated heterocycles. The zero-order chi connectivity index (χ0) is 10.7. The van der Waals surface area contributed by atoms with Crippen LogP contribution in [0.3, 0.4) is 0 Å². The van der Waals surface area contributed by atoms with Crippen molar-refractivity contribution in [1.29, 1.82) is 0 Å². The van der Waals surface area contributed by atoms with Crippen molar-refractivity contribution < 1.29 is 9.84 Å². The molecule has 1 aromatic carbocycles. The first-order valence-electron chi connectivity index (χ1n) is 5.39. The highest BCUT2D eigenvalue weighted by atomic mass is 16.5. The second-order valence-electron chi connectivity index (χ2n) is 4.07. The molecule has 0 saturated carbocycles. The predicted molar refractivity (Wildman–Crippen MR) is 58.6 cm³/mol. The number of ether oxygens (including phenoxy) is 1. The number of phenols is 1. The number of aromatic hydroxyl groups is 1. The SMILES string of the molecule is N[C@@H](c1ccc(O)cc1)C1CCOCC1. The molecule has 2 rings (SSSR count). The Morgan fingerprint density at radius 1 is 1.20 bits per heavy atom. The minimum absolute atomic E-state index is 0.0644. The van der Waals surface area contributed by atoms with E-state index >= 15 is 0 Å². The van der Waals surface area contributed by atoms with Crippen molar-refractivity contribution >= 4 is 0 Å². The van der Waals surface area contributed by atoms with Crippen LogP contribution in [0.1, 0.15) is 24.4 Å². The molecule has 1 heterocycles. The van der Waals surface area contributed by atoms with Crippen molar-refractivity contribution in [1.82, 2.24) is 0 Å². The zero-order valence-electron chi connectivity index (χ0n) is 8.73. The van der Waals surface area contributed by atoms with E-state index in [4.69, 9.17) is 10.5 Å². The molecule has 0 spiro atoms. The van der Waals surface area contributed by atoms with Gasteiger partial charge in [0.2, 0.25) is 0 Å². The first-order chi connectivity index (χ1) is 7.27. The summed E-state index contributed by atoms with van der Waals surface area (Å²) >= 11 is 0. The number of hydrogen-bond donors (Lipinski definition) is 2. The summed E-state index contributed by atoms with van der Waals surface area (Å²) in [7, 11) is 0. The maximum absolute atomic E-state index is 9.19. The third kappa shape index (κ3) is 2.49. The van der Waals surface area contributed by atoms with E-state index in [0.29, 0.717) is 5.92 Å². The van der Waals surface area contributed by atoms with Gasteiger partial charge >= 0.3 is 0 Å². The van der Waals surface area contributed by atoms with Gasteiger partial charge in [0.1, 0.15) is 5.75 Å². The third-order valence-corrected chi connectivity index (χ3v) is 3.05. The van der Waals surface area contributed by atoms with E-state index in [0.717, 1.165) is 31.6 Å². The second kappa shape index (κ2) is 4.64. The summed E-state index contributed by atoms with van der Waals surface area (Å²) in [5, 5.41) is 9.19. The maximum atomic E-state index is 9.19. The molecule has 1 aliphatic heterocycles. The molecule has 1 aromatic rings. The zero-order valence-corrected chi connectivity index (χ0v) is 8.73.